The second kappa shape index (κ2) is 4.56. The average molecular weight is 300 g/mol. The van der Waals surface area contributed by atoms with Crippen molar-refractivity contribution in [1.29, 1.82) is 0 Å². The van der Waals surface area contributed by atoms with Crippen molar-refractivity contribution in [1.82, 2.24) is 4.90 Å². The summed E-state index contributed by atoms with van der Waals surface area (Å²) in [6, 6.07) is 4.47. The number of hydrogen-bond acceptors (Lipinski definition) is 2. The van der Waals surface area contributed by atoms with Crippen molar-refractivity contribution < 1.29 is 14.0 Å². The molecule has 1 aromatic carbocycles. The van der Waals surface area contributed by atoms with Crippen molar-refractivity contribution in [3.8, 4) is 0 Å². The molecule has 0 N–H and O–H groups in total. The van der Waals surface area contributed by atoms with Crippen LogP contribution in [-0.4, -0.2) is 16.7 Å². The lowest BCUT2D eigenvalue weighted by atomic mass is 10.1. The zero-order valence-electron chi connectivity index (χ0n) is 9.24. The fourth-order valence-electron chi connectivity index (χ4n) is 1.84. The quantitative estimate of drug-likeness (QED) is 0.787. The Hall–Kier alpha value is -1.23. The van der Waals surface area contributed by atoms with Gasteiger partial charge in [0.05, 0.1) is 11.0 Å². The van der Waals surface area contributed by atoms with Crippen LogP contribution in [0.3, 0.4) is 0 Å². The first-order valence-electron chi connectivity index (χ1n) is 5.27. The van der Waals surface area contributed by atoms with E-state index in [4.69, 9.17) is 0 Å². The minimum absolute atomic E-state index is 0.157. The van der Waals surface area contributed by atoms with E-state index in [9.17, 15) is 14.0 Å². The molecule has 0 radical (unpaired) electrons. The Labute approximate surface area is 107 Å². The van der Waals surface area contributed by atoms with Gasteiger partial charge in [-0.3, -0.25) is 14.5 Å². The Kier molecular flexibility index (Phi) is 3.28. The molecule has 5 heteroatoms. The van der Waals surface area contributed by atoms with E-state index in [2.05, 4.69) is 15.9 Å². The number of benzene rings is 1. The predicted octanol–water partition coefficient (Wildman–Crippen LogP) is 2.48. The van der Waals surface area contributed by atoms with E-state index in [1.807, 2.05) is 0 Å². The molecule has 0 spiro atoms. The van der Waals surface area contributed by atoms with E-state index in [1.54, 1.807) is 19.1 Å². The van der Waals surface area contributed by atoms with E-state index in [0.717, 1.165) is 5.56 Å². The molecule has 1 aromatic rings. The molecule has 0 bridgehead atoms. The summed E-state index contributed by atoms with van der Waals surface area (Å²) < 4.78 is 13.4. The standard InChI is InChI=1S/C12H11BrFNO2/c1-7-4-11(16)15(12(7)17)6-8-2-3-10(14)9(13)5-8/h2-3,5,7H,4,6H2,1H3. The lowest BCUT2D eigenvalue weighted by Crippen LogP contribution is -2.29. The van der Waals surface area contributed by atoms with Crippen LogP contribution in [0.4, 0.5) is 4.39 Å². The van der Waals surface area contributed by atoms with Crippen LogP contribution in [0.15, 0.2) is 22.7 Å². The third kappa shape index (κ3) is 2.39. The molecule has 17 heavy (non-hydrogen) atoms. The van der Waals surface area contributed by atoms with Crippen LogP contribution in [-0.2, 0) is 16.1 Å². The van der Waals surface area contributed by atoms with E-state index in [1.165, 1.54) is 11.0 Å². The van der Waals surface area contributed by atoms with Crippen molar-refractivity contribution in [3.05, 3.63) is 34.1 Å². The van der Waals surface area contributed by atoms with E-state index >= 15 is 0 Å². The van der Waals surface area contributed by atoms with Gasteiger partial charge < -0.3 is 0 Å². The third-order valence-corrected chi connectivity index (χ3v) is 3.40. The van der Waals surface area contributed by atoms with E-state index in [0.29, 0.717) is 4.47 Å². The highest BCUT2D eigenvalue weighted by atomic mass is 79.9. The summed E-state index contributed by atoms with van der Waals surface area (Å²) in [5.41, 5.74) is 0.731. The largest absolute Gasteiger partial charge is 0.278 e. The smallest absolute Gasteiger partial charge is 0.232 e. The summed E-state index contributed by atoms with van der Waals surface area (Å²) in [6.45, 7) is 1.95. The molecule has 0 saturated carbocycles. The molecule has 1 unspecified atom stereocenters. The van der Waals surface area contributed by atoms with Crippen LogP contribution in [0.25, 0.3) is 0 Å². The van der Waals surface area contributed by atoms with Gasteiger partial charge in [0.1, 0.15) is 5.82 Å². The molecule has 0 aromatic heterocycles. The number of amides is 2. The van der Waals surface area contributed by atoms with Gasteiger partial charge in [-0.05, 0) is 33.6 Å². The molecule has 2 amide bonds. The molecule has 3 nitrogen and oxygen atoms in total. The van der Waals surface area contributed by atoms with Crippen molar-refractivity contribution in [2.24, 2.45) is 5.92 Å². The van der Waals surface area contributed by atoms with Crippen molar-refractivity contribution in [3.63, 3.8) is 0 Å². The molecule has 2 rings (SSSR count). The summed E-state index contributed by atoms with van der Waals surface area (Å²) in [7, 11) is 0. The van der Waals surface area contributed by atoms with Gasteiger partial charge in [-0.15, -0.1) is 0 Å². The monoisotopic (exact) mass is 299 g/mol. The van der Waals surface area contributed by atoms with Crippen LogP contribution in [0.5, 0.6) is 0 Å². The number of nitrogens with zero attached hydrogens (tertiary/aromatic N) is 1. The Morgan fingerprint density at radius 1 is 1.47 bits per heavy atom. The first-order chi connectivity index (χ1) is 7.99. The average Bonchev–Trinajstić information content (AvgIpc) is 2.50. The summed E-state index contributed by atoms with van der Waals surface area (Å²) in [6.07, 6.45) is 0.265. The number of carbonyl (C=O) groups excluding carboxylic acids is 2. The van der Waals surface area contributed by atoms with Gasteiger partial charge in [-0.1, -0.05) is 13.0 Å². The lowest BCUT2D eigenvalue weighted by Gasteiger charge is -2.14. The summed E-state index contributed by atoms with van der Waals surface area (Å²) in [5, 5.41) is 0. The van der Waals surface area contributed by atoms with Gasteiger partial charge in [0.15, 0.2) is 0 Å². The van der Waals surface area contributed by atoms with Gasteiger partial charge in [0, 0.05) is 12.3 Å². The molecule has 1 saturated heterocycles. The zero-order valence-corrected chi connectivity index (χ0v) is 10.8. The van der Waals surface area contributed by atoms with Crippen LogP contribution in [0, 0.1) is 11.7 Å². The highest BCUT2D eigenvalue weighted by Crippen LogP contribution is 2.23. The van der Waals surface area contributed by atoms with Crippen molar-refractivity contribution >= 4 is 27.7 Å². The zero-order chi connectivity index (χ0) is 12.6. The normalized spacial score (nSPS) is 20.2. The first kappa shape index (κ1) is 12.2. The fraction of sp³-hybridized carbons (Fsp3) is 0.333. The molecular formula is C12H11BrFNO2. The van der Waals surface area contributed by atoms with E-state index < -0.39 is 0 Å². The van der Waals surface area contributed by atoms with Crippen LogP contribution in [0.2, 0.25) is 0 Å². The van der Waals surface area contributed by atoms with Gasteiger partial charge in [0.25, 0.3) is 0 Å². The van der Waals surface area contributed by atoms with Crippen molar-refractivity contribution in [2.45, 2.75) is 19.9 Å². The molecule has 1 heterocycles. The lowest BCUT2D eigenvalue weighted by molar-refractivity contribution is -0.139. The number of carbonyl (C=O) groups is 2. The highest BCUT2D eigenvalue weighted by Gasteiger charge is 2.35. The summed E-state index contributed by atoms with van der Waals surface area (Å²) >= 11 is 3.07. The molecule has 1 aliphatic heterocycles. The van der Waals surface area contributed by atoms with Crippen LogP contribution >= 0.6 is 15.9 Å². The summed E-state index contributed by atoms with van der Waals surface area (Å²) in [4.78, 5) is 24.5. The molecule has 1 fully saturated rings. The maximum absolute atomic E-state index is 13.0. The van der Waals surface area contributed by atoms with Crippen LogP contribution in [0.1, 0.15) is 18.9 Å². The Morgan fingerprint density at radius 3 is 2.71 bits per heavy atom. The fourth-order valence-corrected chi connectivity index (χ4v) is 2.26. The Balaban J connectivity index is 2.18. The summed E-state index contributed by atoms with van der Waals surface area (Å²) in [5.74, 6) is -0.925. The maximum atomic E-state index is 13.0. The minimum atomic E-state index is -0.360. The number of rotatable bonds is 2. The number of imide groups is 1. The molecule has 1 aliphatic rings. The maximum Gasteiger partial charge on any atom is 0.232 e. The molecule has 90 valence electrons. The molecule has 1 atom stereocenters. The minimum Gasteiger partial charge on any atom is -0.278 e. The topological polar surface area (TPSA) is 37.4 Å². The van der Waals surface area contributed by atoms with Crippen molar-refractivity contribution in [2.75, 3.05) is 0 Å². The predicted molar refractivity (Wildman–Crippen MR) is 63.4 cm³/mol. The Bertz CT molecular complexity index is 489. The number of halogens is 2. The SMILES string of the molecule is CC1CC(=O)N(Cc2ccc(F)c(Br)c2)C1=O. The van der Waals surface area contributed by atoms with E-state index in [-0.39, 0.29) is 36.5 Å². The van der Waals surface area contributed by atoms with Gasteiger partial charge in [-0.25, -0.2) is 4.39 Å². The van der Waals surface area contributed by atoms with Crippen LogP contribution < -0.4 is 0 Å². The second-order valence-electron chi connectivity index (χ2n) is 4.17. The third-order valence-electron chi connectivity index (χ3n) is 2.79. The van der Waals surface area contributed by atoms with Gasteiger partial charge >= 0.3 is 0 Å². The molecule has 0 aliphatic carbocycles. The van der Waals surface area contributed by atoms with Gasteiger partial charge in [-0.2, -0.15) is 0 Å². The van der Waals surface area contributed by atoms with Gasteiger partial charge in [0.2, 0.25) is 11.8 Å². The Morgan fingerprint density at radius 2 is 2.18 bits per heavy atom. The number of likely N-dealkylation sites (tertiary alicyclic amines) is 1. The number of hydrogen-bond donors (Lipinski definition) is 0. The molecular weight excluding hydrogens is 289 g/mol. The highest BCUT2D eigenvalue weighted by molar-refractivity contribution is 9.10. The first-order valence-corrected chi connectivity index (χ1v) is 6.06. The second-order valence-corrected chi connectivity index (χ2v) is 5.03.